The molecule has 2 N–H and O–H groups in total. The van der Waals surface area contributed by atoms with E-state index in [0.29, 0.717) is 16.6 Å². The number of carbonyl (C=O) groups is 1. The number of ether oxygens (including phenoxy) is 1. The highest BCUT2D eigenvalue weighted by atomic mass is 35.5. The molecular weight excluding hydrogens is 591 g/mol. The van der Waals surface area contributed by atoms with E-state index in [1.165, 1.54) is 31.3 Å². The molecule has 2 fully saturated rings. The molecule has 8 nitrogen and oxygen atoms in total. The van der Waals surface area contributed by atoms with E-state index in [9.17, 15) is 9.18 Å². The first-order chi connectivity index (χ1) is 22.0. The van der Waals surface area contributed by atoms with Gasteiger partial charge in [0, 0.05) is 48.6 Å². The van der Waals surface area contributed by atoms with Gasteiger partial charge < -0.3 is 24.8 Å². The zero-order chi connectivity index (χ0) is 30.8. The van der Waals surface area contributed by atoms with E-state index in [-0.39, 0.29) is 30.9 Å². The van der Waals surface area contributed by atoms with Gasteiger partial charge in [0.05, 0.1) is 10.5 Å². The monoisotopic (exact) mass is 624 g/mol. The van der Waals surface area contributed by atoms with E-state index in [1.54, 1.807) is 24.3 Å². The van der Waals surface area contributed by atoms with Gasteiger partial charge in [0.15, 0.2) is 0 Å². The number of hydrogen-bond donors (Lipinski definition) is 2. The standard InChI is InChI=1S/C35H34ClFN6O2/c36-31-18-28(5-9-33(31)45-21-23-2-1-3-26(37)16-23)41-35-30-17-24(4-8-32(30)38-22-39-35)25-10-13-42(19-25)20-34(44)40-27-11-14-43(15-12-27)29-6-7-29/h1-5,8-10,13,16-19,22,27,29H,6-7,11-12,14-15,20-21H2,(H,40,44)(H,38,39,41). The maximum atomic E-state index is 13.5. The molecular formula is C35H34ClFN6O2. The van der Waals surface area contributed by atoms with Crippen molar-refractivity contribution in [2.45, 2.75) is 50.9 Å². The van der Waals surface area contributed by atoms with Crippen molar-refractivity contribution >= 4 is 39.9 Å². The van der Waals surface area contributed by atoms with E-state index < -0.39 is 0 Å². The summed E-state index contributed by atoms with van der Waals surface area (Å²) in [6.45, 7) is 2.65. The second kappa shape index (κ2) is 12.9. The molecule has 1 aliphatic heterocycles. The van der Waals surface area contributed by atoms with Gasteiger partial charge in [-0.2, -0.15) is 0 Å². The number of nitrogens with one attached hydrogen (secondary N) is 2. The number of anilines is 2. The van der Waals surface area contributed by atoms with Crippen molar-refractivity contribution in [3.63, 3.8) is 0 Å². The lowest BCUT2D eigenvalue weighted by Crippen LogP contribution is -2.46. The highest BCUT2D eigenvalue weighted by Gasteiger charge is 2.32. The van der Waals surface area contributed by atoms with Crippen LogP contribution in [0.25, 0.3) is 22.0 Å². The number of carbonyl (C=O) groups excluding carboxylic acids is 1. The molecule has 0 unspecified atom stereocenters. The Bertz CT molecular complexity index is 1830. The van der Waals surface area contributed by atoms with Crippen molar-refractivity contribution in [2.24, 2.45) is 0 Å². The van der Waals surface area contributed by atoms with Gasteiger partial charge in [0.2, 0.25) is 5.91 Å². The van der Waals surface area contributed by atoms with Crippen molar-refractivity contribution in [1.29, 1.82) is 0 Å². The van der Waals surface area contributed by atoms with E-state index in [0.717, 1.165) is 65.3 Å². The number of likely N-dealkylation sites (tertiary alicyclic amines) is 1. The lowest BCUT2D eigenvalue weighted by atomic mass is 10.0. The number of amides is 1. The van der Waals surface area contributed by atoms with E-state index in [4.69, 9.17) is 16.3 Å². The van der Waals surface area contributed by atoms with Crippen molar-refractivity contribution in [2.75, 3.05) is 18.4 Å². The minimum Gasteiger partial charge on any atom is -0.487 e. The Labute approximate surface area is 266 Å². The van der Waals surface area contributed by atoms with Crippen LogP contribution in [0.5, 0.6) is 5.75 Å². The molecule has 5 aromatic rings. The molecule has 0 bridgehead atoms. The maximum absolute atomic E-state index is 13.5. The largest absolute Gasteiger partial charge is 0.487 e. The summed E-state index contributed by atoms with van der Waals surface area (Å²) in [4.78, 5) is 24.3. The predicted octanol–water partition coefficient (Wildman–Crippen LogP) is 6.96. The van der Waals surface area contributed by atoms with Crippen LogP contribution in [-0.2, 0) is 17.9 Å². The minimum atomic E-state index is -0.308. The van der Waals surface area contributed by atoms with Gasteiger partial charge in [-0.15, -0.1) is 0 Å². The van der Waals surface area contributed by atoms with Crippen LogP contribution in [-0.4, -0.2) is 50.5 Å². The Morgan fingerprint density at radius 3 is 2.64 bits per heavy atom. The quantitative estimate of drug-likeness (QED) is 0.175. The normalized spacial score (nSPS) is 15.7. The second-order valence-electron chi connectivity index (χ2n) is 11.8. The number of rotatable bonds is 10. The third kappa shape index (κ3) is 7.10. The molecule has 1 amide bonds. The highest BCUT2D eigenvalue weighted by molar-refractivity contribution is 6.32. The fourth-order valence-corrected chi connectivity index (χ4v) is 6.19. The van der Waals surface area contributed by atoms with Crippen molar-refractivity contribution < 1.29 is 13.9 Å². The van der Waals surface area contributed by atoms with Crippen LogP contribution in [0.4, 0.5) is 15.9 Å². The Balaban J connectivity index is 1.00. The zero-order valence-corrected chi connectivity index (χ0v) is 25.5. The van der Waals surface area contributed by atoms with Crippen molar-refractivity contribution in [3.8, 4) is 16.9 Å². The van der Waals surface area contributed by atoms with Crippen LogP contribution < -0.4 is 15.4 Å². The molecule has 1 saturated heterocycles. The molecule has 1 aliphatic carbocycles. The lowest BCUT2D eigenvalue weighted by Gasteiger charge is -2.32. The molecule has 230 valence electrons. The third-order valence-electron chi connectivity index (χ3n) is 8.48. The first kappa shape index (κ1) is 29.3. The SMILES string of the molecule is O=C(Cn1ccc(-c2ccc3ncnc(Nc4ccc(OCc5cccc(F)c5)c(Cl)c4)c3c2)c1)NC1CCN(C2CC2)CC1. The highest BCUT2D eigenvalue weighted by Crippen LogP contribution is 2.33. The van der Waals surface area contributed by atoms with Crippen LogP contribution in [0.1, 0.15) is 31.2 Å². The van der Waals surface area contributed by atoms with Crippen LogP contribution in [0, 0.1) is 5.82 Å². The molecule has 0 atom stereocenters. The van der Waals surface area contributed by atoms with Crippen molar-refractivity contribution in [3.05, 3.63) is 102 Å². The van der Waals surface area contributed by atoms with Gasteiger partial charge in [0.25, 0.3) is 0 Å². The summed E-state index contributed by atoms with van der Waals surface area (Å²) in [7, 11) is 0. The lowest BCUT2D eigenvalue weighted by molar-refractivity contribution is -0.122. The van der Waals surface area contributed by atoms with Gasteiger partial charge in [-0.1, -0.05) is 29.8 Å². The molecule has 2 aliphatic rings. The minimum absolute atomic E-state index is 0.0458. The molecule has 1 saturated carbocycles. The first-order valence-electron chi connectivity index (χ1n) is 15.3. The number of piperidine rings is 1. The molecule has 10 heteroatoms. The topological polar surface area (TPSA) is 84.3 Å². The molecule has 45 heavy (non-hydrogen) atoms. The zero-order valence-electron chi connectivity index (χ0n) is 24.8. The number of hydrogen-bond acceptors (Lipinski definition) is 6. The van der Waals surface area contributed by atoms with Crippen LogP contribution >= 0.6 is 11.6 Å². The van der Waals surface area contributed by atoms with E-state index in [2.05, 4.69) is 25.5 Å². The smallest absolute Gasteiger partial charge is 0.240 e. The van der Waals surface area contributed by atoms with Gasteiger partial charge in [0.1, 0.15) is 36.9 Å². The van der Waals surface area contributed by atoms with Crippen LogP contribution in [0.2, 0.25) is 5.02 Å². The maximum Gasteiger partial charge on any atom is 0.240 e. The van der Waals surface area contributed by atoms with Crippen LogP contribution in [0.15, 0.2) is 85.5 Å². The van der Waals surface area contributed by atoms with E-state index in [1.807, 2.05) is 47.3 Å². The molecule has 3 aromatic carbocycles. The number of aromatic nitrogens is 3. The van der Waals surface area contributed by atoms with Gasteiger partial charge >= 0.3 is 0 Å². The summed E-state index contributed by atoms with van der Waals surface area (Å²) < 4.78 is 21.2. The third-order valence-corrected chi connectivity index (χ3v) is 8.78. The summed E-state index contributed by atoms with van der Waals surface area (Å²) in [5, 5.41) is 7.86. The molecule has 0 radical (unpaired) electrons. The molecule has 0 spiro atoms. The molecule has 7 rings (SSSR count). The predicted molar refractivity (Wildman–Crippen MR) is 174 cm³/mol. The van der Waals surface area contributed by atoms with Gasteiger partial charge in [-0.05, 0) is 90.9 Å². The first-order valence-corrected chi connectivity index (χ1v) is 15.7. The Hall–Kier alpha value is -4.47. The fraction of sp³-hybridized carbons (Fsp3) is 0.286. The van der Waals surface area contributed by atoms with Gasteiger partial charge in [-0.3, -0.25) is 4.79 Å². The Kier molecular flexibility index (Phi) is 8.37. The summed E-state index contributed by atoms with van der Waals surface area (Å²) in [5.74, 6) is 0.873. The van der Waals surface area contributed by atoms with Crippen LogP contribution in [0.3, 0.4) is 0 Å². The second-order valence-corrected chi connectivity index (χ2v) is 12.2. The summed E-state index contributed by atoms with van der Waals surface area (Å²) >= 11 is 6.52. The van der Waals surface area contributed by atoms with Crippen molar-refractivity contribution in [1.82, 2.24) is 24.8 Å². The number of benzene rings is 3. The summed E-state index contributed by atoms with van der Waals surface area (Å²) in [6.07, 6.45) is 10.2. The Morgan fingerprint density at radius 2 is 1.84 bits per heavy atom. The summed E-state index contributed by atoms with van der Waals surface area (Å²) in [5.41, 5.74) is 4.24. The Morgan fingerprint density at radius 1 is 0.978 bits per heavy atom. The molecule has 3 heterocycles. The average molecular weight is 625 g/mol. The van der Waals surface area contributed by atoms with E-state index >= 15 is 0 Å². The van der Waals surface area contributed by atoms with Gasteiger partial charge in [-0.25, -0.2) is 14.4 Å². The molecule has 2 aromatic heterocycles. The number of halogens is 2. The summed E-state index contributed by atoms with van der Waals surface area (Å²) in [6, 6.07) is 20.8. The fourth-order valence-electron chi connectivity index (χ4n) is 5.95. The number of fused-ring (bicyclic) bond motifs is 1. The number of nitrogens with zero attached hydrogens (tertiary/aromatic N) is 4. The average Bonchev–Trinajstić information content (AvgIpc) is 3.79.